The molecule has 0 aromatic heterocycles. The van der Waals surface area contributed by atoms with Crippen LogP contribution < -0.4 is 14.9 Å². The fourth-order valence-corrected chi connectivity index (χ4v) is 2.23. The normalized spacial score (nSPS) is 10.8. The van der Waals surface area contributed by atoms with Crippen molar-refractivity contribution in [2.45, 2.75) is 11.8 Å². The van der Waals surface area contributed by atoms with Crippen LogP contribution in [-0.4, -0.2) is 35.1 Å². The fraction of sp³-hybridized carbons (Fsp3) is 0.364. The Morgan fingerprint density at radius 2 is 1.78 bits per heavy atom. The number of urea groups is 1. The summed E-state index contributed by atoms with van der Waals surface area (Å²) >= 11 is 0. The zero-order valence-corrected chi connectivity index (χ0v) is 11.4. The van der Waals surface area contributed by atoms with Crippen molar-refractivity contribution in [1.29, 1.82) is 0 Å². The predicted molar refractivity (Wildman–Crippen MR) is 70.2 cm³/mol. The molecule has 0 heterocycles. The number of anilines is 1. The summed E-state index contributed by atoms with van der Waals surface area (Å²) in [7, 11) is -0.0895. The first-order valence-electron chi connectivity index (χ1n) is 5.45. The van der Waals surface area contributed by atoms with E-state index in [0.29, 0.717) is 6.54 Å². The van der Waals surface area contributed by atoms with Gasteiger partial charge in [-0.2, -0.15) is 0 Å². The summed E-state index contributed by atoms with van der Waals surface area (Å²) in [6.45, 7) is 2.07. The molecule has 0 saturated carbocycles. The summed E-state index contributed by atoms with van der Waals surface area (Å²) in [6.07, 6.45) is 0. The van der Waals surface area contributed by atoms with Gasteiger partial charge in [0, 0.05) is 26.3 Å². The molecular formula is C11H17N3O3S. The number of carbonyl (C=O) groups excluding carboxylic acids is 1. The van der Waals surface area contributed by atoms with Gasteiger partial charge in [-0.05, 0) is 31.2 Å². The number of carbonyl (C=O) groups is 1. The molecule has 1 aromatic carbocycles. The van der Waals surface area contributed by atoms with Gasteiger partial charge in [0.25, 0.3) is 10.0 Å². The van der Waals surface area contributed by atoms with Gasteiger partial charge >= 0.3 is 6.03 Å². The predicted octanol–water partition coefficient (Wildman–Crippen LogP) is 0.760. The van der Waals surface area contributed by atoms with Crippen LogP contribution in [-0.2, 0) is 10.0 Å². The van der Waals surface area contributed by atoms with Gasteiger partial charge < -0.3 is 10.2 Å². The maximum Gasteiger partial charge on any atom is 0.328 e. The monoisotopic (exact) mass is 271 g/mol. The maximum absolute atomic E-state index is 11.8. The number of nitrogens with one attached hydrogen (secondary N) is 2. The van der Waals surface area contributed by atoms with Crippen LogP contribution in [0.5, 0.6) is 0 Å². The molecule has 100 valence electrons. The Hall–Kier alpha value is -1.76. The number of hydrogen-bond acceptors (Lipinski definition) is 4. The smallest absolute Gasteiger partial charge is 0.328 e. The topological polar surface area (TPSA) is 78.5 Å². The van der Waals surface area contributed by atoms with Crippen molar-refractivity contribution in [2.75, 3.05) is 25.5 Å². The van der Waals surface area contributed by atoms with Gasteiger partial charge in [0.1, 0.15) is 0 Å². The van der Waals surface area contributed by atoms with Crippen LogP contribution in [0.3, 0.4) is 0 Å². The average Bonchev–Trinajstić information content (AvgIpc) is 2.28. The van der Waals surface area contributed by atoms with Gasteiger partial charge in [0.2, 0.25) is 0 Å². The first kappa shape index (κ1) is 14.3. The van der Waals surface area contributed by atoms with E-state index in [2.05, 4.69) is 5.32 Å². The molecule has 18 heavy (non-hydrogen) atoms. The highest BCUT2D eigenvalue weighted by Gasteiger charge is 2.16. The second kappa shape index (κ2) is 5.72. The lowest BCUT2D eigenvalue weighted by molar-refractivity contribution is 0.246. The second-order valence-electron chi connectivity index (χ2n) is 3.85. The molecule has 0 aliphatic rings. The van der Waals surface area contributed by atoms with E-state index in [4.69, 9.17) is 0 Å². The van der Waals surface area contributed by atoms with E-state index in [9.17, 15) is 13.2 Å². The quantitative estimate of drug-likeness (QED) is 0.847. The summed E-state index contributed by atoms with van der Waals surface area (Å²) in [5, 5.41) is 2.36. The third-order valence-electron chi connectivity index (χ3n) is 2.23. The number of nitrogens with zero attached hydrogens (tertiary/aromatic N) is 1. The highest BCUT2D eigenvalue weighted by Crippen LogP contribution is 2.15. The van der Waals surface area contributed by atoms with Gasteiger partial charge in [-0.15, -0.1) is 0 Å². The summed E-state index contributed by atoms with van der Waals surface area (Å²) in [5.74, 6) is 0. The van der Waals surface area contributed by atoms with Crippen molar-refractivity contribution in [1.82, 2.24) is 10.0 Å². The molecule has 2 amide bonds. The minimum atomic E-state index is -3.80. The molecule has 0 aliphatic heterocycles. The Labute approximate surface area is 107 Å². The second-order valence-corrected chi connectivity index (χ2v) is 5.54. The zero-order valence-electron chi connectivity index (χ0n) is 10.6. The zero-order chi connectivity index (χ0) is 13.8. The van der Waals surface area contributed by atoms with Crippen LogP contribution in [0.1, 0.15) is 6.92 Å². The Kier molecular flexibility index (Phi) is 4.55. The summed E-state index contributed by atoms with van der Waals surface area (Å²) in [4.78, 5) is 13.1. The molecule has 0 radical (unpaired) electrons. The molecule has 2 N–H and O–H groups in total. The molecule has 0 spiro atoms. The van der Waals surface area contributed by atoms with Crippen molar-refractivity contribution in [2.24, 2.45) is 0 Å². The Morgan fingerprint density at radius 3 is 2.22 bits per heavy atom. The fourth-order valence-electron chi connectivity index (χ4n) is 1.30. The third kappa shape index (κ3) is 3.63. The van der Waals surface area contributed by atoms with Crippen molar-refractivity contribution < 1.29 is 13.2 Å². The number of sulfonamides is 1. The van der Waals surface area contributed by atoms with E-state index in [1.807, 2.05) is 23.7 Å². The number of hydrogen-bond donors (Lipinski definition) is 2. The van der Waals surface area contributed by atoms with Gasteiger partial charge in [-0.3, -0.25) is 0 Å². The van der Waals surface area contributed by atoms with Crippen LogP contribution in [0, 0.1) is 0 Å². The first-order chi connectivity index (χ1) is 8.36. The molecule has 0 bridgehead atoms. The minimum Gasteiger partial charge on any atom is -0.378 e. The first-order valence-corrected chi connectivity index (χ1v) is 6.93. The van der Waals surface area contributed by atoms with Crippen molar-refractivity contribution >= 4 is 21.7 Å². The van der Waals surface area contributed by atoms with E-state index in [1.54, 1.807) is 19.1 Å². The molecule has 1 aromatic rings. The maximum atomic E-state index is 11.8. The highest BCUT2D eigenvalue weighted by atomic mass is 32.2. The standard InChI is InChI=1S/C11H17N3O3S/c1-4-12-11(15)13-18(16,17)10-7-5-9(6-8-10)14(2)3/h5-8H,4H2,1-3H3,(H2,12,13,15). The number of amides is 2. The molecule has 0 unspecified atom stereocenters. The van der Waals surface area contributed by atoms with Gasteiger partial charge in [0.15, 0.2) is 0 Å². The largest absolute Gasteiger partial charge is 0.378 e. The van der Waals surface area contributed by atoms with Crippen molar-refractivity contribution in [3.05, 3.63) is 24.3 Å². The molecule has 7 heteroatoms. The van der Waals surface area contributed by atoms with E-state index < -0.39 is 16.1 Å². The molecule has 0 aliphatic carbocycles. The molecular weight excluding hydrogens is 254 g/mol. The lowest BCUT2D eigenvalue weighted by Gasteiger charge is -2.13. The van der Waals surface area contributed by atoms with Gasteiger partial charge in [0.05, 0.1) is 4.90 Å². The van der Waals surface area contributed by atoms with E-state index in [-0.39, 0.29) is 4.90 Å². The highest BCUT2D eigenvalue weighted by molar-refractivity contribution is 7.90. The van der Waals surface area contributed by atoms with Crippen LogP contribution in [0.4, 0.5) is 10.5 Å². The molecule has 0 saturated heterocycles. The lowest BCUT2D eigenvalue weighted by Crippen LogP contribution is -2.39. The molecule has 1 rings (SSSR count). The third-order valence-corrected chi connectivity index (χ3v) is 3.57. The molecule has 0 atom stereocenters. The summed E-state index contributed by atoms with van der Waals surface area (Å²) in [5.41, 5.74) is 0.881. The average molecular weight is 271 g/mol. The van der Waals surface area contributed by atoms with Gasteiger partial charge in [-0.1, -0.05) is 0 Å². The van der Waals surface area contributed by atoms with Crippen molar-refractivity contribution in [3.8, 4) is 0 Å². The summed E-state index contributed by atoms with van der Waals surface area (Å²) < 4.78 is 25.6. The molecule has 0 fully saturated rings. The van der Waals surface area contributed by atoms with Crippen LogP contribution in [0.2, 0.25) is 0 Å². The van der Waals surface area contributed by atoms with Crippen LogP contribution in [0.15, 0.2) is 29.2 Å². The van der Waals surface area contributed by atoms with Crippen LogP contribution >= 0.6 is 0 Å². The number of benzene rings is 1. The van der Waals surface area contributed by atoms with E-state index in [1.165, 1.54) is 12.1 Å². The van der Waals surface area contributed by atoms with Gasteiger partial charge in [-0.25, -0.2) is 17.9 Å². The summed E-state index contributed by atoms with van der Waals surface area (Å²) in [6, 6.07) is 5.53. The van der Waals surface area contributed by atoms with E-state index >= 15 is 0 Å². The van der Waals surface area contributed by atoms with Crippen molar-refractivity contribution in [3.63, 3.8) is 0 Å². The Morgan fingerprint density at radius 1 is 1.22 bits per heavy atom. The van der Waals surface area contributed by atoms with E-state index in [0.717, 1.165) is 5.69 Å². The minimum absolute atomic E-state index is 0.0550. The SMILES string of the molecule is CCNC(=O)NS(=O)(=O)c1ccc(N(C)C)cc1. The number of rotatable bonds is 4. The lowest BCUT2D eigenvalue weighted by atomic mass is 10.3. The Bertz CT molecular complexity index is 509. The molecule has 6 nitrogen and oxygen atoms in total. The Balaban J connectivity index is 2.88. The van der Waals surface area contributed by atoms with Crippen LogP contribution in [0.25, 0.3) is 0 Å².